The topological polar surface area (TPSA) is 57.6 Å². The van der Waals surface area contributed by atoms with Crippen LogP contribution in [-0.2, 0) is 9.59 Å². The Morgan fingerprint density at radius 1 is 1.38 bits per heavy atom. The average molecular weight is 225 g/mol. The van der Waals surface area contributed by atoms with Gasteiger partial charge >= 0.3 is 5.97 Å². The zero-order valence-corrected chi connectivity index (χ0v) is 9.74. The predicted molar refractivity (Wildman–Crippen MR) is 61.1 cm³/mol. The van der Waals surface area contributed by atoms with Crippen molar-refractivity contribution in [3.63, 3.8) is 0 Å². The van der Waals surface area contributed by atoms with E-state index in [-0.39, 0.29) is 5.91 Å². The molecule has 0 saturated carbocycles. The highest BCUT2D eigenvalue weighted by Crippen LogP contribution is 2.12. The molecule has 0 atom stereocenters. The van der Waals surface area contributed by atoms with Gasteiger partial charge in [0.25, 0.3) is 0 Å². The maximum atomic E-state index is 11.7. The van der Waals surface area contributed by atoms with E-state index in [0.717, 1.165) is 37.8 Å². The Morgan fingerprint density at radius 2 is 2.06 bits per heavy atom. The second kappa shape index (κ2) is 6.30. The van der Waals surface area contributed by atoms with Gasteiger partial charge in [0.1, 0.15) is 0 Å². The van der Waals surface area contributed by atoms with Crippen LogP contribution in [0.25, 0.3) is 0 Å². The smallest absolute Gasteiger partial charge is 0.328 e. The fourth-order valence-corrected chi connectivity index (χ4v) is 1.94. The summed E-state index contributed by atoms with van der Waals surface area (Å²) >= 11 is 0. The van der Waals surface area contributed by atoms with Crippen LogP contribution in [0.4, 0.5) is 0 Å². The monoisotopic (exact) mass is 225 g/mol. The van der Waals surface area contributed by atoms with Crippen molar-refractivity contribution in [1.29, 1.82) is 0 Å². The van der Waals surface area contributed by atoms with Crippen molar-refractivity contribution in [3.05, 3.63) is 11.6 Å². The molecule has 1 heterocycles. The maximum Gasteiger partial charge on any atom is 0.328 e. The van der Waals surface area contributed by atoms with Crippen molar-refractivity contribution in [2.75, 3.05) is 13.1 Å². The van der Waals surface area contributed by atoms with Crippen molar-refractivity contribution >= 4 is 11.9 Å². The highest BCUT2D eigenvalue weighted by Gasteiger charge is 2.15. The van der Waals surface area contributed by atoms with Crippen molar-refractivity contribution in [2.45, 2.75) is 39.0 Å². The van der Waals surface area contributed by atoms with Gasteiger partial charge in [0, 0.05) is 25.6 Å². The van der Waals surface area contributed by atoms with Crippen LogP contribution in [0.5, 0.6) is 0 Å². The van der Waals surface area contributed by atoms with Gasteiger partial charge in [-0.2, -0.15) is 0 Å². The van der Waals surface area contributed by atoms with Crippen molar-refractivity contribution in [2.24, 2.45) is 0 Å². The Kier molecular flexibility index (Phi) is 5.02. The molecule has 16 heavy (non-hydrogen) atoms. The van der Waals surface area contributed by atoms with E-state index in [1.165, 1.54) is 6.08 Å². The molecule has 1 aliphatic heterocycles. The third-order valence-electron chi connectivity index (χ3n) is 2.73. The van der Waals surface area contributed by atoms with Gasteiger partial charge in [-0.1, -0.05) is 12.8 Å². The fourth-order valence-electron chi connectivity index (χ4n) is 1.94. The van der Waals surface area contributed by atoms with Crippen molar-refractivity contribution in [1.82, 2.24) is 4.90 Å². The number of hydrogen-bond donors (Lipinski definition) is 1. The van der Waals surface area contributed by atoms with E-state index in [2.05, 4.69) is 0 Å². The highest BCUT2D eigenvalue weighted by molar-refractivity contribution is 5.81. The third-order valence-corrected chi connectivity index (χ3v) is 2.73. The first-order chi connectivity index (χ1) is 7.59. The number of amides is 1. The number of nitrogens with zero attached hydrogens (tertiary/aromatic N) is 1. The minimum Gasteiger partial charge on any atom is -0.478 e. The number of likely N-dealkylation sites (tertiary alicyclic amines) is 1. The van der Waals surface area contributed by atoms with Gasteiger partial charge in [0.2, 0.25) is 5.91 Å². The van der Waals surface area contributed by atoms with E-state index in [0.29, 0.717) is 13.0 Å². The molecule has 0 bridgehead atoms. The Morgan fingerprint density at radius 3 is 2.75 bits per heavy atom. The van der Waals surface area contributed by atoms with Crippen LogP contribution >= 0.6 is 0 Å². The first kappa shape index (κ1) is 12.7. The first-order valence-corrected chi connectivity index (χ1v) is 5.77. The molecule has 0 unspecified atom stereocenters. The molecular weight excluding hydrogens is 206 g/mol. The van der Waals surface area contributed by atoms with Crippen LogP contribution < -0.4 is 0 Å². The quantitative estimate of drug-likeness (QED) is 0.745. The normalized spacial score (nSPS) is 19.2. The van der Waals surface area contributed by atoms with Crippen LogP contribution in [0.2, 0.25) is 0 Å². The molecule has 90 valence electrons. The van der Waals surface area contributed by atoms with E-state index >= 15 is 0 Å². The SMILES string of the molecule is CC(=CC(=O)O)CN1CCCCCCC1=O. The molecule has 1 rings (SSSR count). The zero-order valence-electron chi connectivity index (χ0n) is 9.74. The molecule has 0 aromatic rings. The summed E-state index contributed by atoms with van der Waals surface area (Å²) < 4.78 is 0. The molecule has 4 heteroatoms. The molecule has 1 amide bonds. The number of aliphatic carboxylic acids is 1. The van der Waals surface area contributed by atoms with Gasteiger partial charge < -0.3 is 10.0 Å². The predicted octanol–water partition coefficient (Wildman–Crippen LogP) is 1.81. The van der Waals surface area contributed by atoms with Crippen LogP contribution in [0.15, 0.2) is 11.6 Å². The zero-order chi connectivity index (χ0) is 12.0. The molecule has 0 aromatic carbocycles. The van der Waals surface area contributed by atoms with E-state index in [9.17, 15) is 9.59 Å². The molecule has 1 N–H and O–H groups in total. The second-order valence-electron chi connectivity index (χ2n) is 4.31. The van der Waals surface area contributed by atoms with Crippen LogP contribution in [0.3, 0.4) is 0 Å². The molecule has 0 spiro atoms. The molecule has 0 aromatic heterocycles. The van der Waals surface area contributed by atoms with Gasteiger partial charge in [-0.3, -0.25) is 4.79 Å². The lowest BCUT2D eigenvalue weighted by Gasteiger charge is -2.25. The molecule has 0 radical (unpaired) electrons. The van der Waals surface area contributed by atoms with Gasteiger partial charge in [0.15, 0.2) is 0 Å². The summed E-state index contributed by atoms with van der Waals surface area (Å²) in [6.07, 6.45) is 6.03. The summed E-state index contributed by atoms with van der Waals surface area (Å²) in [7, 11) is 0. The van der Waals surface area contributed by atoms with Gasteiger partial charge in [-0.25, -0.2) is 4.79 Å². The number of carboxylic acids is 1. The molecular formula is C12H19NO3. The summed E-state index contributed by atoms with van der Waals surface area (Å²) in [5, 5.41) is 8.60. The van der Waals surface area contributed by atoms with Crippen LogP contribution in [0.1, 0.15) is 39.0 Å². The molecule has 0 aliphatic carbocycles. The number of carboxylic acid groups (broad SMARTS) is 1. The van der Waals surface area contributed by atoms with E-state index in [4.69, 9.17) is 5.11 Å². The number of carbonyl (C=O) groups is 2. The summed E-state index contributed by atoms with van der Waals surface area (Å²) in [6, 6.07) is 0. The largest absolute Gasteiger partial charge is 0.478 e. The molecule has 1 fully saturated rings. The van der Waals surface area contributed by atoms with Crippen LogP contribution in [0, 0.1) is 0 Å². The summed E-state index contributed by atoms with van der Waals surface area (Å²) in [5.74, 6) is -0.796. The first-order valence-electron chi connectivity index (χ1n) is 5.77. The standard InChI is InChI=1S/C12H19NO3/c1-10(8-12(15)16)9-13-7-5-3-2-4-6-11(13)14/h8H,2-7,9H2,1H3,(H,15,16). The minimum absolute atomic E-state index is 0.151. The van der Waals surface area contributed by atoms with Gasteiger partial charge in [-0.15, -0.1) is 0 Å². The minimum atomic E-state index is -0.947. The number of rotatable bonds is 3. The van der Waals surface area contributed by atoms with Gasteiger partial charge in [-0.05, 0) is 25.3 Å². The van der Waals surface area contributed by atoms with E-state index in [1.807, 2.05) is 0 Å². The molecule has 1 aliphatic rings. The van der Waals surface area contributed by atoms with E-state index < -0.39 is 5.97 Å². The van der Waals surface area contributed by atoms with Crippen molar-refractivity contribution < 1.29 is 14.7 Å². The Hall–Kier alpha value is -1.32. The van der Waals surface area contributed by atoms with Crippen molar-refractivity contribution in [3.8, 4) is 0 Å². The van der Waals surface area contributed by atoms with E-state index in [1.54, 1.807) is 11.8 Å². The summed E-state index contributed by atoms with van der Waals surface area (Å²) in [4.78, 5) is 24.0. The second-order valence-corrected chi connectivity index (χ2v) is 4.31. The van der Waals surface area contributed by atoms with Gasteiger partial charge in [0.05, 0.1) is 0 Å². The maximum absolute atomic E-state index is 11.7. The summed E-state index contributed by atoms with van der Waals surface area (Å²) in [6.45, 7) is 2.95. The lowest BCUT2D eigenvalue weighted by Crippen LogP contribution is -2.34. The Bertz CT molecular complexity index is 297. The lowest BCUT2D eigenvalue weighted by molar-refractivity contribution is -0.133. The lowest BCUT2D eigenvalue weighted by atomic mass is 10.1. The average Bonchev–Trinajstić information content (AvgIpc) is 2.16. The number of hydrogen-bond acceptors (Lipinski definition) is 2. The highest BCUT2D eigenvalue weighted by atomic mass is 16.4. The fraction of sp³-hybridized carbons (Fsp3) is 0.667. The third kappa shape index (κ3) is 4.47. The molecule has 1 saturated heterocycles. The Labute approximate surface area is 95.9 Å². The molecule has 4 nitrogen and oxygen atoms in total. The Balaban J connectivity index is 2.55. The summed E-state index contributed by atoms with van der Waals surface area (Å²) in [5.41, 5.74) is 0.724. The number of carbonyl (C=O) groups excluding carboxylic acids is 1. The van der Waals surface area contributed by atoms with Crippen LogP contribution in [-0.4, -0.2) is 35.0 Å².